The van der Waals surface area contributed by atoms with Crippen LogP contribution in [-0.2, 0) is 9.26 Å². The number of morpholine rings is 1. The highest BCUT2D eigenvalue weighted by molar-refractivity contribution is 7.50. The number of nitrogens with zero attached hydrogens (tertiary/aromatic N) is 2. The van der Waals surface area contributed by atoms with E-state index in [1.165, 1.54) is 0 Å². The van der Waals surface area contributed by atoms with Crippen LogP contribution in [0.5, 0.6) is 0 Å². The van der Waals surface area contributed by atoms with Crippen molar-refractivity contribution in [3.63, 3.8) is 0 Å². The van der Waals surface area contributed by atoms with Crippen molar-refractivity contribution in [2.75, 3.05) is 32.9 Å². The van der Waals surface area contributed by atoms with Gasteiger partial charge in [-0.2, -0.15) is 5.26 Å². The number of rotatable bonds is 5. The van der Waals surface area contributed by atoms with E-state index >= 15 is 0 Å². The molecule has 0 N–H and O–H groups in total. The van der Waals surface area contributed by atoms with Crippen LogP contribution in [0.2, 0.25) is 0 Å². The van der Waals surface area contributed by atoms with Crippen LogP contribution in [0.4, 0.5) is 0 Å². The zero-order chi connectivity index (χ0) is 11.1. The Morgan fingerprint density at radius 2 is 2.13 bits per heavy atom. The monoisotopic (exact) mass is 230 g/mol. The van der Waals surface area contributed by atoms with Gasteiger partial charge in [-0.15, -0.1) is 0 Å². The van der Waals surface area contributed by atoms with Gasteiger partial charge in [0.25, 0.3) is 0 Å². The predicted octanol–water partition coefficient (Wildman–Crippen LogP) is 1.97. The minimum absolute atomic E-state index is 0.482. The lowest BCUT2D eigenvalue weighted by Crippen LogP contribution is -2.34. The zero-order valence-electron chi connectivity index (χ0n) is 9.48. The van der Waals surface area contributed by atoms with Crippen LogP contribution in [0.15, 0.2) is 0 Å². The fourth-order valence-corrected chi connectivity index (χ4v) is 3.44. The molecule has 0 spiro atoms. The van der Waals surface area contributed by atoms with Gasteiger partial charge in [0.2, 0.25) is 0 Å². The van der Waals surface area contributed by atoms with Crippen LogP contribution in [-0.4, -0.2) is 43.2 Å². The second-order valence-electron chi connectivity index (χ2n) is 3.70. The van der Waals surface area contributed by atoms with Crippen molar-refractivity contribution in [1.82, 2.24) is 4.67 Å². The van der Waals surface area contributed by atoms with Crippen molar-refractivity contribution in [1.29, 1.82) is 5.26 Å². The summed E-state index contributed by atoms with van der Waals surface area (Å²) < 4.78 is 13.5. The summed E-state index contributed by atoms with van der Waals surface area (Å²) in [5.41, 5.74) is 0.511. The third kappa shape index (κ3) is 4.44. The highest BCUT2D eigenvalue weighted by Crippen LogP contribution is 2.46. The van der Waals surface area contributed by atoms with E-state index in [0.29, 0.717) is 18.7 Å². The maximum absolute atomic E-state index is 8.47. The van der Waals surface area contributed by atoms with Crippen molar-refractivity contribution in [2.24, 2.45) is 0 Å². The molecule has 0 bridgehead atoms. The van der Waals surface area contributed by atoms with Crippen LogP contribution in [0.3, 0.4) is 0 Å². The highest BCUT2D eigenvalue weighted by Gasteiger charge is 2.24. The van der Waals surface area contributed by atoms with E-state index in [0.717, 1.165) is 26.3 Å². The second kappa shape index (κ2) is 7.14. The molecule has 0 aromatic heterocycles. The van der Waals surface area contributed by atoms with E-state index in [1.54, 1.807) is 0 Å². The van der Waals surface area contributed by atoms with E-state index in [2.05, 4.69) is 24.6 Å². The highest BCUT2D eigenvalue weighted by atomic mass is 31.2. The summed E-state index contributed by atoms with van der Waals surface area (Å²) in [5, 5.41) is 8.47. The van der Waals surface area contributed by atoms with Gasteiger partial charge >= 0.3 is 0 Å². The van der Waals surface area contributed by atoms with E-state index in [-0.39, 0.29) is 0 Å². The lowest BCUT2D eigenvalue weighted by Gasteiger charge is -2.35. The Morgan fingerprint density at radius 3 is 2.67 bits per heavy atom. The zero-order valence-corrected chi connectivity index (χ0v) is 10.4. The van der Waals surface area contributed by atoms with Gasteiger partial charge in [0.15, 0.2) is 0 Å². The number of ether oxygens (including phenoxy) is 1. The van der Waals surface area contributed by atoms with E-state index in [1.807, 2.05) is 0 Å². The molecule has 0 aliphatic carbocycles. The first-order valence-corrected chi connectivity index (χ1v) is 6.65. The summed E-state index contributed by atoms with van der Waals surface area (Å²) in [6.45, 7) is 8.41. The standard InChI is InChI=1S/C10H19N2O2P/c1-10(2)15(14-7-3-4-11)12-5-8-13-9-6-12/h10H,3,5-9H2,1-2H3. The van der Waals surface area contributed by atoms with Gasteiger partial charge in [0, 0.05) is 18.7 Å². The summed E-state index contributed by atoms with van der Waals surface area (Å²) in [7, 11) is -0.547. The SMILES string of the molecule is CC(C)P(OCCC#N)N1CCOCC1. The molecule has 1 rings (SSSR count). The Labute approximate surface area is 93.0 Å². The average Bonchev–Trinajstić information content (AvgIpc) is 2.25. The van der Waals surface area contributed by atoms with Crippen LogP contribution >= 0.6 is 8.30 Å². The Kier molecular flexibility index (Phi) is 6.12. The Morgan fingerprint density at radius 1 is 1.47 bits per heavy atom. The first-order chi connectivity index (χ1) is 7.25. The van der Waals surface area contributed by atoms with E-state index < -0.39 is 8.30 Å². The first kappa shape index (κ1) is 12.9. The van der Waals surface area contributed by atoms with Crippen molar-refractivity contribution < 1.29 is 9.26 Å². The molecule has 0 aromatic carbocycles. The summed E-state index contributed by atoms with van der Waals surface area (Å²) in [4.78, 5) is 0. The molecular formula is C10H19N2O2P. The Hall–Kier alpha value is -0.200. The normalized spacial score (nSPS) is 20.1. The van der Waals surface area contributed by atoms with Gasteiger partial charge in [-0.05, 0) is 0 Å². The minimum Gasteiger partial charge on any atom is -0.379 e. The Balaban J connectivity index is 2.38. The molecule has 4 nitrogen and oxygen atoms in total. The number of hydrogen-bond acceptors (Lipinski definition) is 4. The lowest BCUT2D eigenvalue weighted by atomic mass is 10.5. The van der Waals surface area contributed by atoms with Crippen LogP contribution < -0.4 is 0 Å². The molecule has 1 aliphatic rings. The molecular weight excluding hydrogens is 211 g/mol. The third-order valence-corrected chi connectivity index (χ3v) is 4.43. The molecule has 1 heterocycles. The largest absolute Gasteiger partial charge is 0.379 e. The predicted molar refractivity (Wildman–Crippen MR) is 60.6 cm³/mol. The summed E-state index contributed by atoms with van der Waals surface area (Å²) in [5.74, 6) is 0. The molecule has 86 valence electrons. The quantitative estimate of drug-likeness (QED) is 0.535. The molecule has 0 radical (unpaired) electrons. The minimum atomic E-state index is -0.547. The van der Waals surface area contributed by atoms with Gasteiger partial charge in [-0.1, -0.05) is 13.8 Å². The molecule has 15 heavy (non-hydrogen) atoms. The number of nitriles is 1. The molecule has 1 unspecified atom stereocenters. The summed E-state index contributed by atoms with van der Waals surface area (Å²) in [6, 6.07) is 2.11. The molecule has 1 atom stereocenters. The smallest absolute Gasteiger partial charge is 0.107 e. The van der Waals surface area contributed by atoms with Crippen molar-refractivity contribution in [3.05, 3.63) is 0 Å². The first-order valence-electron chi connectivity index (χ1n) is 5.37. The van der Waals surface area contributed by atoms with Gasteiger partial charge in [0.1, 0.15) is 8.30 Å². The van der Waals surface area contributed by atoms with E-state index in [9.17, 15) is 0 Å². The lowest BCUT2D eigenvalue weighted by molar-refractivity contribution is 0.0693. The van der Waals surface area contributed by atoms with Gasteiger partial charge in [0.05, 0.1) is 32.3 Å². The van der Waals surface area contributed by atoms with Gasteiger partial charge in [-0.3, -0.25) is 4.67 Å². The summed E-state index contributed by atoms with van der Waals surface area (Å²) >= 11 is 0. The van der Waals surface area contributed by atoms with Crippen molar-refractivity contribution in [3.8, 4) is 6.07 Å². The van der Waals surface area contributed by atoms with Gasteiger partial charge < -0.3 is 9.26 Å². The third-order valence-electron chi connectivity index (χ3n) is 2.15. The fourth-order valence-electron chi connectivity index (χ4n) is 1.49. The van der Waals surface area contributed by atoms with Gasteiger partial charge in [-0.25, -0.2) is 0 Å². The van der Waals surface area contributed by atoms with Crippen molar-refractivity contribution >= 4 is 8.30 Å². The molecule has 0 amide bonds. The molecule has 1 aliphatic heterocycles. The topological polar surface area (TPSA) is 45.5 Å². The number of hydrogen-bond donors (Lipinski definition) is 0. The maximum atomic E-state index is 8.47. The molecule has 1 saturated heterocycles. The Bertz CT molecular complexity index is 212. The molecule has 1 fully saturated rings. The van der Waals surface area contributed by atoms with E-state index in [4.69, 9.17) is 14.5 Å². The second-order valence-corrected chi connectivity index (χ2v) is 6.17. The summed E-state index contributed by atoms with van der Waals surface area (Å²) in [6.07, 6.45) is 0.482. The average molecular weight is 230 g/mol. The maximum Gasteiger partial charge on any atom is 0.107 e. The van der Waals surface area contributed by atoms with Crippen LogP contribution in [0.1, 0.15) is 20.3 Å². The fraction of sp³-hybridized carbons (Fsp3) is 0.900. The van der Waals surface area contributed by atoms with Crippen LogP contribution in [0, 0.1) is 11.3 Å². The van der Waals surface area contributed by atoms with Crippen molar-refractivity contribution in [2.45, 2.75) is 25.9 Å². The molecule has 0 saturated carbocycles. The molecule has 0 aromatic rings. The van der Waals surface area contributed by atoms with Crippen LogP contribution in [0.25, 0.3) is 0 Å². The molecule has 5 heteroatoms.